The second-order valence-electron chi connectivity index (χ2n) is 9.42. The summed E-state index contributed by atoms with van der Waals surface area (Å²) < 4.78 is 7.56. The predicted molar refractivity (Wildman–Crippen MR) is 145 cm³/mol. The van der Waals surface area contributed by atoms with E-state index in [1.54, 1.807) is 0 Å². The minimum absolute atomic E-state index is 0.122. The van der Waals surface area contributed by atoms with Gasteiger partial charge in [0.15, 0.2) is 5.82 Å². The number of fused-ring (bicyclic) bond motifs is 1. The number of aryl methyl sites for hydroxylation is 1. The van der Waals surface area contributed by atoms with Gasteiger partial charge in [-0.05, 0) is 36.1 Å². The molecule has 194 valence electrons. The van der Waals surface area contributed by atoms with E-state index in [1.165, 1.54) is 6.42 Å². The summed E-state index contributed by atoms with van der Waals surface area (Å²) >= 11 is 0. The molecular weight excluding hydrogens is 478 g/mol. The van der Waals surface area contributed by atoms with Gasteiger partial charge < -0.3 is 19.9 Å². The first kappa shape index (κ1) is 25.2. The number of hydrogen-bond donors (Lipinski definition) is 2. The number of amides is 2. The third kappa shape index (κ3) is 6.45. The van der Waals surface area contributed by atoms with Gasteiger partial charge in [0, 0.05) is 30.6 Å². The quantitative estimate of drug-likeness (QED) is 0.342. The summed E-state index contributed by atoms with van der Waals surface area (Å²) in [6, 6.07) is 25.8. The van der Waals surface area contributed by atoms with Crippen molar-refractivity contribution in [1.82, 2.24) is 20.1 Å². The number of hydrogen-bond acceptors (Lipinski definition) is 5. The molecule has 0 bridgehead atoms. The van der Waals surface area contributed by atoms with E-state index in [4.69, 9.17) is 4.74 Å². The van der Waals surface area contributed by atoms with Crippen LogP contribution in [0.3, 0.4) is 0 Å². The van der Waals surface area contributed by atoms with Crippen molar-refractivity contribution < 1.29 is 14.3 Å². The van der Waals surface area contributed by atoms with Crippen LogP contribution in [0.15, 0.2) is 84.9 Å². The molecule has 0 unspecified atom stereocenters. The van der Waals surface area contributed by atoms with Crippen LogP contribution in [0.25, 0.3) is 11.4 Å². The molecule has 2 amide bonds. The number of anilines is 1. The number of nitrogens with one attached hydrogen (secondary N) is 2. The van der Waals surface area contributed by atoms with Crippen LogP contribution in [0.4, 0.5) is 10.5 Å². The molecule has 0 aliphatic carbocycles. The van der Waals surface area contributed by atoms with Crippen LogP contribution in [-0.2, 0) is 35.5 Å². The van der Waals surface area contributed by atoms with Gasteiger partial charge in [0.05, 0.1) is 0 Å². The van der Waals surface area contributed by atoms with Gasteiger partial charge in [0.1, 0.15) is 18.5 Å². The average molecular weight is 510 g/mol. The molecule has 1 aromatic heterocycles. The zero-order valence-electron chi connectivity index (χ0n) is 21.2. The van der Waals surface area contributed by atoms with E-state index in [0.717, 1.165) is 54.1 Å². The Hall–Kier alpha value is -4.46. The molecule has 2 N–H and O–H groups in total. The Morgan fingerprint density at radius 3 is 2.42 bits per heavy atom. The number of carbonyl (C=O) groups excluding carboxylic acids is 2. The van der Waals surface area contributed by atoms with Crippen molar-refractivity contribution in [3.63, 3.8) is 0 Å². The molecular formula is C30H31N5O3. The smallest absolute Gasteiger partial charge is 0.408 e. The van der Waals surface area contributed by atoms with E-state index < -0.39 is 12.1 Å². The van der Waals surface area contributed by atoms with Crippen LogP contribution in [0.5, 0.6) is 0 Å². The summed E-state index contributed by atoms with van der Waals surface area (Å²) in [6.07, 6.45) is 4.01. The molecule has 3 aromatic carbocycles. The number of aromatic nitrogens is 3. The molecule has 8 heteroatoms. The fourth-order valence-corrected chi connectivity index (χ4v) is 4.63. The molecule has 1 aliphatic heterocycles. The Morgan fingerprint density at radius 1 is 0.868 bits per heavy atom. The molecule has 8 nitrogen and oxygen atoms in total. The zero-order chi connectivity index (χ0) is 26.2. The fourth-order valence-electron chi connectivity index (χ4n) is 4.63. The largest absolute Gasteiger partial charge is 0.445 e. The third-order valence-electron chi connectivity index (χ3n) is 6.60. The lowest BCUT2D eigenvalue weighted by Crippen LogP contribution is -2.45. The van der Waals surface area contributed by atoms with Crippen molar-refractivity contribution in [2.75, 3.05) is 5.32 Å². The molecule has 2 heterocycles. The van der Waals surface area contributed by atoms with Crippen LogP contribution in [-0.4, -0.2) is 32.8 Å². The monoisotopic (exact) mass is 509 g/mol. The number of rotatable bonds is 8. The maximum atomic E-state index is 13.4. The Morgan fingerprint density at radius 2 is 1.63 bits per heavy atom. The third-order valence-corrected chi connectivity index (χ3v) is 6.60. The highest BCUT2D eigenvalue weighted by molar-refractivity contribution is 5.97. The van der Waals surface area contributed by atoms with Gasteiger partial charge in [-0.2, -0.15) is 0 Å². The van der Waals surface area contributed by atoms with Crippen molar-refractivity contribution in [2.24, 2.45) is 0 Å². The first-order valence-corrected chi connectivity index (χ1v) is 13.0. The van der Waals surface area contributed by atoms with E-state index >= 15 is 0 Å². The van der Waals surface area contributed by atoms with Gasteiger partial charge in [-0.1, -0.05) is 79.2 Å². The summed E-state index contributed by atoms with van der Waals surface area (Å²) in [5.41, 5.74) is 3.31. The molecule has 5 rings (SSSR count). The van der Waals surface area contributed by atoms with E-state index in [1.807, 2.05) is 84.9 Å². The highest BCUT2D eigenvalue weighted by Gasteiger charge is 2.23. The average Bonchev–Trinajstić information content (AvgIpc) is 3.21. The summed E-state index contributed by atoms with van der Waals surface area (Å²) in [6.45, 7) is 1.01. The SMILES string of the molecule is O=C(N[C@H](Cc1ccccc1)C(=O)Nc1cccc(-c2nnc3n2CCCCC3)c1)OCc1ccccc1. The molecule has 0 fully saturated rings. The molecule has 0 saturated heterocycles. The van der Waals surface area contributed by atoms with Gasteiger partial charge in [-0.25, -0.2) is 4.79 Å². The van der Waals surface area contributed by atoms with Gasteiger partial charge in [-0.15, -0.1) is 10.2 Å². The lowest BCUT2D eigenvalue weighted by atomic mass is 10.1. The van der Waals surface area contributed by atoms with Gasteiger partial charge in [0.2, 0.25) is 5.91 Å². The zero-order valence-corrected chi connectivity index (χ0v) is 21.2. The molecule has 0 saturated carbocycles. The van der Waals surface area contributed by atoms with Gasteiger partial charge in [0.25, 0.3) is 0 Å². The van der Waals surface area contributed by atoms with Crippen LogP contribution in [0.2, 0.25) is 0 Å². The van der Waals surface area contributed by atoms with Crippen LogP contribution in [0, 0.1) is 0 Å². The second kappa shape index (κ2) is 12.2. The summed E-state index contributed by atoms with van der Waals surface area (Å²) in [5.74, 6) is 1.48. The molecule has 4 aromatic rings. The fraction of sp³-hybridized carbons (Fsp3) is 0.267. The molecule has 1 aliphatic rings. The van der Waals surface area contributed by atoms with E-state index in [-0.39, 0.29) is 12.5 Å². The van der Waals surface area contributed by atoms with Crippen molar-refractivity contribution in [1.29, 1.82) is 0 Å². The van der Waals surface area contributed by atoms with E-state index in [2.05, 4.69) is 25.4 Å². The molecule has 0 spiro atoms. The minimum atomic E-state index is -0.825. The van der Waals surface area contributed by atoms with Crippen molar-refractivity contribution in [3.8, 4) is 11.4 Å². The molecule has 1 atom stereocenters. The Bertz CT molecular complexity index is 1370. The molecule has 38 heavy (non-hydrogen) atoms. The first-order chi connectivity index (χ1) is 18.7. The van der Waals surface area contributed by atoms with Crippen LogP contribution in [0.1, 0.15) is 36.2 Å². The maximum absolute atomic E-state index is 13.4. The number of nitrogens with zero attached hydrogens (tertiary/aromatic N) is 3. The van der Waals surface area contributed by atoms with Gasteiger partial charge >= 0.3 is 6.09 Å². The van der Waals surface area contributed by atoms with Crippen molar-refractivity contribution in [3.05, 3.63) is 102 Å². The Balaban J connectivity index is 1.30. The predicted octanol–water partition coefficient (Wildman–Crippen LogP) is 5.15. The van der Waals surface area contributed by atoms with Crippen molar-refractivity contribution in [2.45, 2.75) is 51.3 Å². The Labute approximate surface area is 222 Å². The number of alkyl carbamates (subject to hydrolysis) is 1. The first-order valence-electron chi connectivity index (χ1n) is 13.0. The van der Waals surface area contributed by atoms with Crippen LogP contribution < -0.4 is 10.6 Å². The van der Waals surface area contributed by atoms with Crippen LogP contribution >= 0.6 is 0 Å². The van der Waals surface area contributed by atoms with Crippen molar-refractivity contribution >= 4 is 17.7 Å². The minimum Gasteiger partial charge on any atom is -0.445 e. The lowest BCUT2D eigenvalue weighted by Gasteiger charge is -2.19. The highest BCUT2D eigenvalue weighted by atomic mass is 16.5. The van der Waals surface area contributed by atoms with Gasteiger partial charge in [-0.3, -0.25) is 4.79 Å². The number of carbonyl (C=O) groups is 2. The summed E-state index contributed by atoms with van der Waals surface area (Å²) in [4.78, 5) is 26.0. The number of ether oxygens (including phenoxy) is 1. The highest BCUT2D eigenvalue weighted by Crippen LogP contribution is 2.25. The number of benzene rings is 3. The lowest BCUT2D eigenvalue weighted by molar-refractivity contribution is -0.118. The van der Waals surface area contributed by atoms with E-state index in [9.17, 15) is 9.59 Å². The maximum Gasteiger partial charge on any atom is 0.408 e. The summed E-state index contributed by atoms with van der Waals surface area (Å²) in [5, 5.41) is 14.5. The Kier molecular flexibility index (Phi) is 8.08. The summed E-state index contributed by atoms with van der Waals surface area (Å²) in [7, 11) is 0. The second-order valence-corrected chi connectivity index (χ2v) is 9.42. The van der Waals surface area contributed by atoms with E-state index in [0.29, 0.717) is 12.1 Å². The molecule has 0 radical (unpaired) electrons. The normalized spacial score (nSPS) is 13.6. The topological polar surface area (TPSA) is 98.1 Å². The standard InChI is InChI=1S/C30H31N5O3/c36-29(31-25-16-10-15-24(20-25)28-34-33-27-17-8-3-9-18-35(27)28)26(19-22-11-4-1-5-12-22)32-30(37)38-21-23-13-6-2-7-14-23/h1-2,4-7,10-16,20,26H,3,8-9,17-19,21H2,(H,31,36)(H,32,37)/t26-/m1/s1.